The monoisotopic (exact) mass is 398 g/mol. The van der Waals surface area contributed by atoms with Gasteiger partial charge in [0.2, 0.25) is 5.95 Å². The first-order chi connectivity index (χ1) is 13.5. The van der Waals surface area contributed by atoms with Crippen LogP contribution in [0.2, 0.25) is 5.02 Å². The van der Waals surface area contributed by atoms with Crippen molar-refractivity contribution in [2.24, 2.45) is 0 Å². The van der Waals surface area contributed by atoms with Gasteiger partial charge < -0.3 is 9.80 Å². The Hall–Kier alpha value is -3.20. The molecule has 3 aromatic rings. The lowest BCUT2D eigenvalue weighted by atomic mass is 10.2. The molecule has 0 bridgehead atoms. The summed E-state index contributed by atoms with van der Waals surface area (Å²) in [5.74, 6) is 1.33. The van der Waals surface area contributed by atoms with Crippen molar-refractivity contribution >= 4 is 23.3 Å². The summed E-state index contributed by atoms with van der Waals surface area (Å²) in [6.07, 6.45) is 5.07. The number of Topliss-reactive ketones (excluding diaryl/α,β-unsaturated/α-hetero) is 1. The molecule has 1 aliphatic heterocycles. The SMILES string of the molecule is CN(C)C=C1CN(c2nnc(Cn3nccn3)n2-c2ccc(Cl)cc2)CC1=O. The predicted molar refractivity (Wildman–Crippen MR) is 104 cm³/mol. The van der Waals surface area contributed by atoms with Gasteiger partial charge in [-0.25, -0.2) is 0 Å². The van der Waals surface area contributed by atoms with Crippen molar-refractivity contribution in [3.63, 3.8) is 0 Å². The zero-order valence-corrected chi connectivity index (χ0v) is 16.3. The molecule has 10 heteroatoms. The maximum absolute atomic E-state index is 12.4. The van der Waals surface area contributed by atoms with Crippen LogP contribution in [-0.2, 0) is 11.3 Å². The van der Waals surface area contributed by atoms with Crippen LogP contribution in [0.1, 0.15) is 5.82 Å². The van der Waals surface area contributed by atoms with Crippen molar-refractivity contribution in [1.82, 2.24) is 34.7 Å². The fraction of sp³-hybridized carbons (Fsp3) is 0.278. The summed E-state index contributed by atoms with van der Waals surface area (Å²) in [7, 11) is 3.79. The first-order valence-corrected chi connectivity index (χ1v) is 9.08. The van der Waals surface area contributed by atoms with Gasteiger partial charge in [-0.3, -0.25) is 9.36 Å². The summed E-state index contributed by atoms with van der Waals surface area (Å²) in [6, 6.07) is 7.40. The highest BCUT2D eigenvalue weighted by Gasteiger charge is 2.30. The molecule has 1 aliphatic rings. The Labute approximate surface area is 166 Å². The highest BCUT2D eigenvalue weighted by molar-refractivity contribution is 6.30. The molecule has 9 nitrogen and oxygen atoms in total. The lowest BCUT2D eigenvalue weighted by molar-refractivity contribution is -0.113. The van der Waals surface area contributed by atoms with Gasteiger partial charge in [-0.05, 0) is 24.3 Å². The number of nitrogens with zero attached hydrogens (tertiary/aromatic N) is 8. The third-order valence-corrected chi connectivity index (χ3v) is 4.55. The largest absolute Gasteiger partial charge is 0.383 e. The maximum atomic E-state index is 12.4. The fourth-order valence-electron chi connectivity index (χ4n) is 3.11. The smallest absolute Gasteiger partial charge is 0.232 e. The van der Waals surface area contributed by atoms with E-state index in [0.717, 1.165) is 11.3 Å². The van der Waals surface area contributed by atoms with E-state index >= 15 is 0 Å². The third kappa shape index (κ3) is 3.61. The molecule has 0 saturated carbocycles. The molecule has 144 valence electrons. The van der Waals surface area contributed by atoms with Crippen molar-refractivity contribution in [1.29, 1.82) is 0 Å². The van der Waals surface area contributed by atoms with E-state index in [2.05, 4.69) is 20.4 Å². The summed E-state index contributed by atoms with van der Waals surface area (Å²) >= 11 is 6.05. The van der Waals surface area contributed by atoms with Gasteiger partial charge in [0.1, 0.15) is 6.54 Å². The number of benzene rings is 1. The second-order valence-corrected chi connectivity index (χ2v) is 7.12. The van der Waals surface area contributed by atoms with Crippen molar-refractivity contribution in [2.75, 3.05) is 32.1 Å². The Morgan fingerprint density at radius 3 is 2.50 bits per heavy atom. The van der Waals surface area contributed by atoms with Crippen LogP contribution in [0.15, 0.2) is 48.4 Å². The molecular formula is C18H19ClN8O. The zero-order chi connectivity index (χ0) is 19.7. The number of anilines is 1. The molecule has 1 saturated heterocycles. The minimum atomic E-state index is 0.0784. The molecule has 0 atom stereocenters. The average Bonchev–Trinajstić information content (AvgIpc) is 3.38. The van der Waals surface area contributed by atoms with E-state index in [9.17, 15) is 4.79 Å². The Balaban J connectivity index is 1.74. The lowest BCUT2D eigenvalue weighted by Gasteiger charge is -2.18. The Bertz CT molecular complexity index is 1010. The minimum absolute atomic E-state index is 0.0784. The van der Waals surface area contributed by atoms with E-state index in [4.69, 9.17) is 11.6 Å². The summed E-state index contributed by atoms with van der Waals surface area (Å²) in [6.45, 7) is 1.08. The maximum Gasteiger partial charge on any atom is 0.232 e. The number of rotatable bonds is 5. The molecule has 0 spiro atoms. The van der Waals surface area contributed by atoms with Crippen LogP contribution >= 0.6 is 11.6 Å². The third-order valence-electron chi connectivity index (χ3n) is 4.30. The van der Waals surface area contributed by atoms with E-state index in [1.54, 1.807) is 12.4 Å². The van der Waals surface area contributed by atoms with Crippen molar-refractivity contribution in [2.45, 2.75) is 6.54 Å². The van der Waals surface area contributed by atoms with Crippen LogP contribution in [-0.4, -0.2) is 67.6 Å². The molecule has 1 fully saturated rings. The normalized spacial score (nSPS) is 15.6. The van der Waals surface area contributed by atoms with Crippen LogP contribution in [0.3, 0.4) is 0 Å². The second kappa shape index (κ2) is 7.43. The molecule has 0 aliphatic carbocycles. The average molecular weight is 399 g/mol. The number of ketones is 1. The molecule has 4 rings (SSSR count). The quantitative estimate of drug-likeness (QED) is 0.600. The zero-order valence-electron chi connectivity index (χ0n) is 15.5. The van der Waals surface area contributed by atoms with Gasteiger partial charge >= 0.3 is 0 Å². The Morgan fingerprint density at radius 2 is 1.82 bits per heavy atom. The van der Waals surface area contributed by atoms with Crippen LogP contribution < -0.4 is 4.90 Å². The van der Waals surface area contributed by atoms with Crippen LogP contribution in [0, 0.1) is 0 Å². The summed E-state index contributed by atoms with van der Waals surface area (Å²) < 4.78 is 1.91. The number of hydrogen-bond donors (Lipinski definition) is 0. The summed E-state index contributed by atoms with van der Waals surface area (Å²) in [5.41, 5.74) is 1.59. The van der Waals surface area contributed by atoms with E-state index in [1.165, 1.54) is 4.80 Å². The minimum Gasteiger partial charge on any atom is -0.383 e. The molecule has 28 heavy (non-hydrogen) atoms. The van der Waals surface area contributed by atoms with Gasteiger partial charge in [0.05, 0.1) is 31.2 Å². The van der Waals surface area contributed by atoms with Crippen molar-refractivity contribution in [3.8, 4) is 5.69 Å². The van der Waals surface area contributed by atoms with Crippen LogP contribution in [0.4, 0.5) is 5.95 Å². The highest BCUT2D eigenvalue weighted by atomic mass is 35.5. The summed E-state index contributed by atoms with van der Waals surface area (Å²) in [4.78, 5) is 17.7. The molecule has 1 aromatic carbocycles. The van der Waals surface area contributed by atoms with E-state index in [-0.39, 0.29) is 12.3 Å². The van der Waals surface area contributed by atoms with Crippen LogP contribution in [0.5, 0.6) is 0 Å². The Morgan fingerprint density at radius 1 is 1.11 bits per heavy atom. The van der Waals surface area contributed by atoms with Crippen molar-refractivity contribution in [3.05, 3.63) is 59.3 Å². The number of hydrogen-bond acceptors (Lipinski definition) is 7. The van der Waals surface area contributed by atoms with Gasteiger partial charge in [0.25, 0.3) is 0 Å². The van der Waals surface area contributed by atoms with Gasteiger partial charge in [-0.2, -0.15) is 15.0 Å². The highest BCUT2D eigenvalue weighted by Crippen LogP contribution is 2.25. The van der Waals surface area contributed by atoms with E-state index < -0.39 is 0 Å². The number of aromatic nitrogens is 6. The lowest BCUT2D eigenvalue weighted by Crippen LogP contribution is -2.24. The topological polar surface area (TPSA) is 85.0 Å². The molecular weight excluding hydrogens is 380 g/mol. The molecule has 0 N–H and O–H groups in total. The summed E-state index contributed by atoms with van der Waals surface area (Å²) in [5, 5.41) is 17.6. The predicted octanol–water partition coefficient (Wildman–Crippen LogP) is 1.40. The van der Waals surface area contributed by atoms with Gasteiger partial charge in [-0.1, -0.05) is 11.6 Å². The second-order valence-electron chi connectivity index (χ2n) is 6.68. The van der Waals surface area contributed by atoms with Gasteiger partial charge in [0, 0.05) is 30.9 Å². The first-order valence-electron chi connectivity index (χ1n) is 8.71. The van der Waals surface area contributed by atoms with Gasteiger partial charge in [0.15, 0.2) is 11.6 Å². The molecule has 0 unspecified atom stereocenters. The van der Waals surface area contributed by atoms with E-state index in [1.807, 2.05) is 58.9 Å². The number of halogens is 1. The van der Waals surface area contributed by atoms with Gasteiger partial charge in [-0.15, -0.1) is 10.2 Å². The number of carbonyl (C=O) groups is 1. The first kappa shape index (κ1) is 18.2. The molecule has 0 amide bonds. The standard InChI is InChI=1S/C18H19ClN8O/c1-24(2)9-13-10-25(11-16(13)28)18-23-22-17(12-26-20-7-8-21-26)27(18)15-5-3-14(19)4-6-15/h3-9H,10-12H2,1-2H3. The van der Waals surface area contributed by atoms with Crippen LogP contribution in [0.25, 0.3) is 5.69 Å². The van der Waals surface area contributed by atoms with Crippen molar-refractivity contribution < 1.29 is 4.79 Å². The fourth-order valence-corrected chi connectivity index (χ4v) is 3.24. The molecule has 3 heterocycles. The molecule has 2 aromatic heterocycles. The van der Waals surface area contributed by atoms with E-state index in [0.29, 0.717) is 29.9 Å². The number of carbonyl (C=O) groups excluding carboxylic acids is 1. The Kier molecular flexibility index (Phi) is 4.82. The molecule has 0 radical (unpaired) electrons.